The van der Waals surface area contributed by atoms with E-state index in [-0.39, 0.29) is 11.8 Å². The van der Waals surface area contributed by atoms with Crippen molar-refractivity contribution in [2.45, 2.75) is 58.5 Å². The Morgan fingerprint density at radius 1 is 1.19 bits per heavy atom. The van der Waals surface area contributed by atoms with Crippen molar-refractivity contribution in [2.24, 2.45) is 11.8 Å². The Morgan fingerprint density at radius 2 is 1.90 bits per heavy atom. The molecule has 0 aromatic heterocycles. The summed E-state index contributed by atoms with van der Waals surface area (Å²) in [5.74, 6) is 1.03. The Morgan fingerprint density at radius 3 is 2.57 bits per heavy atom. The van der Waals surface area contributed by atoms with Crippen LogP contribution in [0.3, 0.4) is 0 Å². The number of benzene rings is 1. The van der Waals surface area contributed by atoms with Gasteiger partial charge in [0.05, 0.1) is 6.61 Å². The summed E-state index contributed by atoms with van der Waals surface area (Å²) in [6.07, 6.45) is 8.32. The van der Waals surface area contributed by atoms with Gasteiger partial charge in [0.2, 0.25) is 5.91 Å². The molecular formula is C18H27NO2. The van der Waals surface area contributed by atoms with E-state index in [1.807, 2.05) is 30.3 Å². The fourth-order valence-electron chi connectivity index (χ4n) is 3.05. The largest absolute Gasteiger partial charge is 0.273 e. The maximum atomic E-state index is 12.1. The number of carbonyl (C=O) groups is 1. The minimum atomic E-state index is 0.0554. The third-order valence-electron chi connectivity index (χ3n) is 4.44. The predicted octanol–water partition coefficient (Wildman–Crippen LogP) is 4.23. The summed E-state index contributed by atoms with van der Waals surface area (Å²) in [4.78, 5) is 17.4. The first-order valence-corrected chi connectivity index (χ1v) is 8.25. The van der Waals surface area contributed by atoms with Crippen LogP contribution in [0.25, 0.3) is 0 Å². The van der Waals surface area contributed by atoms with Crippen molar-refractivity contribution >= 4 is 5.91 Å². The van der Waals surface area contributed by atoms with E-state index in [1.54, 1.807) is 0 Å². The zero-order chi connectivity index (χ0) is 14.9. The van der Waals surface area contributed by atoms with Crippen molar-refractivity contribution in [1.82, 2.24) is 5.48 Å². The monoisotopic (exact) mass is 289 g/mol. The summed E-state index contributed by atoms with van der Waals surface area (Å²) in [6.45, 7) is 2.67. The summed E-state index contributed by atoms with van der Waals surface area (Å²) >= 11 is 0. The van der Waals surface area contributed by atoms with Gasteiger partial charge < -0.3 is 0 Å². The van der Waals surface area contributed by atoms with E-state index >= 15 is 0 Å². The molecule has 0 spiro atoms. The summed E-state index contributed by atoms with van der Waals surface area (Å²) in [7, 11) is 0. The quantitative estimate of drug-likeness (QED) is 0.763. The first kappa shape index (κ1) is 16.0. The van der Waals surface area contributed by atoms with Crippen LogP contribution in [-0.2, 0) is 16.2 Å². The van der Waals surface area contributed by atoms with Crippen molar-refractivity contribution in [3.05, 3.63) is 35.9 Å². The van der Waals surface area contributed by atoms with E-state index in [0.717, 1.165) is 24.3 Å². The molecule has 1 aliphatic carbocycles. The first-order chi connectivity index (χ1) is 10.3. The molecule has 1 aromatic carbocycles. The molecule has 0 atom stereocenters. The summed E-state index contributed by atoms with van der Waals surface area (Å²) in [5, 5.41) is 0. The van der Waals surface area contributed by atoms with Gasteiger partial charge in [0.1, 0.15) is 0 Å². The van der Waals surface area contributed by atoms with E-state index in [4.69, 9.17) is 4.84 Å². The van der Waals surface area contributed by atoms with Gasteiger partial charge in [-0.05, 0) is 37.2 Å². The van der Waals surface area contributed by atoms with Gasteiger partial charge in [-0.2, -0.15) is 0 Å². The molecule has 2 rings (SSSR count). The van der Waals surface area contributed by atoms with E-state index < -0.39 is 0 Å². The van der Waals surface area contributed by atoms with Gasteiger partial charge >= 0.3 is 0 Å². The van der Waals surface area contributed by atoms with Crippen LogP contribution in [0.15, 0.2) is 30.3 Å². The molecule has 0 heterocycles. The van der Waals surface area contributed by atoms with Crippen LogP contribution < -0.4 is 5.48 Å². The summed E-state index contributed by atoms with van der Waals surface area (Å²) < 4.78 is 0. The molecule has 3 nitrogen and oxygen atoms in total. The topological polar surface area (TPSA) is 38.3 Å². The predicted molar refractivity (Wildman–Crippen MR) is 84.3 cm³/mol. The minimum Gasteiger partial charge on any atom is -0.273 e. The maximum absolute atomic E-state index is 12.1. The lowest BCUT2D eigenvalue weighted by Crippen LogP contribution is -2.33. The molecule has 1 saturated carbocycles. The normalized spacial score (nSPS) is 22.0. The lowest BCUT2D eigenvalue weighted by atomic mass is 9.79. The number of nitrogens with one attached hydrogen (secondary N) is 1. The van der Waals surface area contributed by atoms with Gasteiger partial charge in [-0.25, -0.2) is 5.48 Å². The van der Waals surface area contributed by atoms with Crippen LogP contribution in [0.2, 0.25) is 0 Å². The number of amides is 1. The van der Waals surface area contributed by atoms with Gasteiger partial charge in [-0.15, -0.1) is 0 Å². The van der Waals surface area contributed by atoms with Gasteiger partial charge in [0.15, 0.2) is 0 Å². The van der Waals surface area contributed by atoms with Crippen molar-refractivity contribution in [1.29, 1.82) is 0 Å². The van der Waals surface area contributed by atoms with Gasteiger partial charge in [-0.3, -0.25) is 9.63 Å². The molecule has 1 aliphatic rings. The van der Waals surface area contributed by atoms with Crippen LogP contribution in [-0.4, -0.2) is 5.91 Å². The van der Waals surface area contributed by atoms with E-state index in [1.165, 1.54) is 32.1 Å². The summed E-state index contributed by atoms with van der Waals surface area (Å²) in [6, 6.07) is 9.89. The Kier molecular flexibility index (Phi) is 6.74. The Bertz CT molecular complexity index is 410. The highest BCUT2D eigenvalue weighted by Crippen LogP contribution is 2.31. The number of hydroxylamine groups is 1. The second-order valence-corrected chi connectivity index (χ2v) is 6.10. The Hall–Kier alpha value is -1.35. The van der Waals surface area contributed by atoms with Crippen LogP contribution in [0, 0.1) is 11.8 Å². The van der Waals surface area contributed by atoms with E-state index in [9.17, 15) is 4.79 Å². The molecular weight excluding hydrogens is 262 g/mol. The zero-order valence-corrected chi connectivity index (χ0v) is 13.0. The molecule has 0 saturated heterocycles. The van der Waals surface area contributed by atoms with E-state index in [0.29, 0.717) is 6.61 Å². The van der Waals surface area contributed by atoms with Crippen molar-refractivity contribution < 1.29 is 9.63 Å². The molecule has 0 bridgehead atoms. The number of rotatable bonds is 7. The highest BCUT2D eigenvalue weighted by Gasteiger charge is 2.25. The van der Waals surface area contributed by atoms with Gasteiger partial charge in [0, 0.05) is 5.92 Å². The number of hydrogen-bond donors (Lipinski definition) is 1. The third kappa shape index (κ3) is 5.50. The zero-order valence-electron chi connectivity index (χ0n) is 13.0. The van der Waals surface area contributed by atoms with Crippen LogP contribution in [0.5, 0.6) is 0 Å². The molecule has 3 heteroatoms. The molecule has 0 unspecified atom stereocenters. The minimum absolute atomic E-state index is 0.0554. The molecule has 0 radical (unpaired) electrons. The number of unbranched alkanes of at least 4 members (excludes halogenated alkanes) is 1. The molecule has 1 fully saturated rings. The maximum Gasteiger partial charge on any atom is 0.246 e. The summed E-state index contributed by atoms with van der Waals surface area (Å²) in [5.41, 5.74) is 3.69. The molecule has 21 heavy (non-hydrogen) atoms. The lowest BCUT2D eigenvalue weighted by molar-refractivity contribution is -0.140. The average molecular weight is 289 g/mol. The second kappa shape index (κ2) is 8.83. The molecule has 116 valence electrons. The van der Waals surface area contributed by atoms with Crippen molar-refractivity contribution in [3.8, 4) is 0 Å². The van der Waals surface area contributed by atoms with Crippen LogP contribution >= 0.6 is 0 Å². The van der Waals surface area contributed by atoms with Crippen molar-refractivity contribution in [2.75, 3.05) is 0 Å². The van der Waals surface area contributed by atoms with E-state index in [2.05, 4.69) is 12.4 Å². The van der Waals surface area contributed by atoms with Gasteiger partial charge in [-0.1, -0.05) is 56.5 Å². The SMILES string of the molecule is CCCCC1CCC(C(=O)NOCc2ccccc2)CC1. The smallest absolute Gasteiger partial charge is 0.246 e. The highest BCUT2D eigenvalue weighted by atomic mass is 16.6. The molecule has 1 N–H and O–H groups in total. The lowest BCUT2D eigenvalue weighted by Gasteiger charge is -2.27. The average Bonchev–Trinajstić information content (AvgIpc) is 2.54. The Balaban J connectivity index is 1.63. The van der Waals surface area contributed by atoms with Crippen molar-refractivity contribution in [3.63, 3.8) is 0 Å². The number of hydrogen-bond acceptors (Lipinski definition) is 2. The third-order valence-corrected chi connectivity index (χ3v) is 4.44. The first-order valence-electron chi connectivity index (χ1n) is 8.25. The molecule has 1 amide bonds. The Labute approximate surface area is 128 Å². The van der Waals surface area contributed by atoms with Crippen LogP contribution in [0.4, 0.5) is 0 Å². The second-order valence-electron chi connectivity index (χ2n) is 6.10. The molecule has 1 aromatic rings. The number of carbonyl (C=O) groups excluding carboxylic acids is 1. The van der Waals surface area contributed by atoms with Gasteiger partial charge in [0.25, 0.3) is 0 Å². The fourth-order valence-corrected chi connectivity index (χ4v) is 3.05. The standard InChI is InChI=1S/C18H27NO2/c1-2-3-7-15-10-12-17(13-11-15)18(20)19-21-14-16-8-5-4-6-9-16/h4-6,8-9,15,17H,2-3,7,10-14H2,1H3,(H,19,20). The molecule has 0 aliphatic heterocycles. The fraction of sp³-hybridized carbons (Fsp3) is 0.611. The van der Waals surface area contributed by atoms with Crippen LogP contribution in [0.1, 0.15) is 57.4 Å². The highest BCUT2D eigenvalue weighted by molar-refractivity contribution is 5.77.